The number of nitrogens with zero attached hydrogens (tertiary/aromatic N) is 2. The van der Waals surface area contributed by atoms with Crippen molar-refractivity contribution in [3.05, 3.63) is 142 Å². The summed E-state index contributed by atoms with van der Waals surface area (Å²) in [5.41, 5.74) is 6.25. The van der Waals surface area contributed by atoms with Gasteiger partial charge in [-0.3, -0.25) is 9.71 Å². The van der Waals surface area contributed by atoms with Gasteiger partial charge in [0.25, 0.3) is 10.0 Å². The molecule has 4 aromatic carbocycles. The number of benzene rings is 4. The lowest BCUT2D eigenvalue weighted by molar-refractivity contribution is 0.175. The first-order valence-corrected chi connectivity index (χ1v) is 16.7. The van der Waals surface area contributed by atoms with Crippen molar-refractivity contribution in [2.45, 2.75) is 23.8 Å². The predicted molar refractivity (Wildman–Crippen MR) is 177 cm³/mol. The van der Waals surface area contributed by atoms with Crippen LogP contribution in [-0.4, -0.2) is 36.6 Å². The average Bonchev–Trinajstić information content (AvgIpc) is 3.52. The number of hydrogen-bond donors (Lipinski definition) is 3. The van der Waals surface area contributed by atoms with Crippen molar-refractivity contribution in [3.63, 3.8) is 0 Å². The molecule has 0 fully saturated rings. The van der Waals surface area contributed by atoms with Crippen molar-refractivity contribution in [1.29, 1.82) is 0 Å². The third kappa shape index (κ3) is 7.38. The molecule has 7 nitrogen and oxygen atoms in total. The standard InChI is InChI=1S/C35H32N4O3S2/c40-34(27-6-2-1-3-7-27)23-36-19-18-25-10-14-30(15-11-25)39-44(41,42)31-16-12-26(13-17-31)20-35-38-33(24-43-35)29-21-28-8-4-5-9-32(28)37-22-29/h1-17,21-22,24,34,36,39-40H,18-20,23H2/t34-/m0/s1. The number of fused-ring (bicyclic) bond motifs is 1. The van der Waals surface area contributed by atoms with Gasteiger partial charge in [0.1, 0.15) is 0 Å². The van der Waals surface area contributed by atoms with Crippen LogP contribution in [0.3, 0.4) is 0 Å². The third-order valence-electron chi connectivity index (χ3n) is 7.35. The first-order valence-electron chi connectivity index (χ1n) is 14.4. The quantitative estimate of drug-likeness (QED) is 0.133. The molecule has 0 saturated heterocycles. The lowest BCUT2D eigenvalue weighted by atomic mass is 10.1. The summed E-state index contributed by atoms with van der Waals surface area (Å²) in [6, 6.07) is 33.9. The van der Waals surface area contributed by atoms with Crippen LogP contribution in [0.4, 0.5) is 5.69 Å². The van der Waals surface area contributed by atoms with Crippen molar-refractivity contribution < 1.29 is 13.5 Å². The summed E-state index contributed by atoms with van der Waals surface area (Å²) in [4.78, 5) is 9.53. The van der Waals surface area contributed by atoms with E-state index in [2.05, 4.69) is 21.1 Å². The molecule has 6 rings (SSSR count). The summed E-state index contributed by atoms with van der Waals surface area (Å²) in [7, 11) is -3.73. The molecule has 0 bridgehead atoms. The highest BCUT2D eigenvalue weighted by Crippen LogP contribution is 2.26. The zero-order valence-electron chi connectivity index (χ0n) is 23.9. The molecule has 0 aliphatic carbocycles. The average molecular weight is 621 g/mol. The maximum atomic E-state index is 13.0. The molecule has 0 spiro atoms. The first-order chi connectivity index (χ1) is 21.4. The molecule has 0 unspecified atom stereocenters. The van der Waals surface area contributed by atoms with Crippen LogP contribution in [0.2, 0.25) is 0 Å². The Labute approximate surface area is 261 Å². The van der Waals surface area contributed by atoms with Gasteiger partial charge in [-0.1, -0.05) is 72.8 Å². The second-order valence-corrected chi connectivity index (χ2v) is 13.2. The number of aromatic nitrogens is 2. The van der Waals surface area contributed by atoms with Crippen molar-refractivity contribution in [2.75, 3.05) is 17.8 Å². The number of aliphatic hydroxyl groups is 1. The molecule has 6 aromatic rings. The molecular weight excluding hydrogens is 589 g/mol. The Morgan fingerprint density at radius 3 is 2.36 bits per heavy atom. The summed E-state index contributed by atoms with van der Waals surface area (Å²) < 4.78 is 28.8. The lowest BCUT2D eigenvalue weighted by Crippen LogP contribution is -2.23. The van der Waals surface area contributed by atoms with E-state index < -0.39 is 16.1 Å². The van der Waals surface area contributed by atoms with Crippen LogP contribution >= 0.6 is 11.3 Å². The largest absolute Gasteiger partial charge is 0.387 e. The number of nitrogens with one attached hydrogen (secondary N) is 2. The highest BCUT2D eigenvalue weighted by molar-refractivity contribution is 7.92. The summed E-state index contributed by atoms with van der Waals surface area (Å²) in [6.07, 6.45) is 2.66. The van der Waals surface area contributed by atoms with Crippen LogP contribution in [0.15, 0.2) is 126 Å². The summed E-state index contributed by atoms with van der Waals surface area (Å²) >= 11 is 1.58. The third-order valence-corrected chi connectivity index (χ3v) is 9.59. The maximum absolute atomic E-state index is 13.0. The fourth-order valence-corrected chi connectivity index (χ4v) is 6.81. The molecule has 9 heteroatoms. The fraction of sp³-hybridized carbons (Fsp3) is 0.143. The molecule has 44 heavy (non-hydrogen) atoms. The van der Waals surface area contributed by atoms with E-state index in [4.69, 9.17) is 4.98 Å². The van der Waals surface area contributed by atoms with Crippen molar-refractivity contribution in [2.24, 2.45) is 0 Å². The van der Waals surface area contributed by atoms with Gasteiger partial charge in [-0.2, -0.15) is 0 Å². The van der Waals surface area contributed by atoms with Gasteiger partial charge < -0.3 is 10.4 Å². The van der Waals surface area contributed by atoms with E-state index in [1.807, 2.05) is 90.4 Å². The minimum Gasteiger partial charge on any atom is -0.387 e. The molecule has 1 atom stereocenters. The first kappa shape index (κ1) is 29.7. The van der Waals surface area contributed by atoms with Gasteiger partial charge in [-0.25, -0.2) is 13.4 Å². The number of thiazole rings is 1. The van der Waals surface area contributed by atoms with Crippen LogP contribution in [0.25, 0.3) is 22.2 Å². The maximum Gasteiger partial charge on any atom is 0.261 e. The number of sulfonamides is 1. The van der Waals surface area contributed by atoms with Crippen LogP contribution in [0.1, 0.15) is 27.8 Å². The fourth-order valence-electron chi connectivity index (χ4n) is 4.91. The Morgan fingerprint density at radius 1 is 0.841 bits per heavy atom. The van der Waals surface area contributed by atoms with Gasteiger partial charge in [0, 0.05) is 41.2 Å². The Balaban J connectivity index is 1.01. The van der Waals surface area contributed by atoms with Crippen molar-refractivity contribution in [1.82, 2.24) is 15.3 Å². The molecule has 2 heterocycles. The Kier molecular flexibility index (Phi) is 9.09. The Bertz CT molecular complexity index is 1940. The number of anilines is 1. The Hall–Kier alpha value is -4.41. The van der Waals surface area contributed by atoms with Crippen molar-refractivity contribution in [3.8, 4) is 11.3 Å². The van der Waals surface area contributed by atoms with Gasteiger partial charge in [-0.05, 0) is 66.1 Å². The van der Waals surface area contributed by atoms with E-state index in [1.165, 1.54) is 0 Å². The molecule has 0 saturated carbocycles. The minimum atomic E-state index is -3.73. The van der Waals surface area contributed by atoms with Gasteiger partial charge in [0.05, 0.1) is 27.2 Å². The summed E-state index contributed by atoms with van der Waals surface area (Å²) in [5.74, 6) is 0. The van der Waals surface area contributed by atoms with E-state index in [0.717, 1.165) is 50.3 Å². The van der Waals surface area contributed by atoms with Crippen LogP contribution < -0.4 is 10.0 Å². The summed E-state index contributed by atoms with van der Waals surface area (Å²) in [6.45, 7) is 1.17. The second-order valence-electron chi connectivity index (χ2n) is 10.5. The second kappa shape index (κ2) is 13.5. The van der Waals surface area contributed by atoms with Gasteiger partial charge >= 0.3 is 0 Å². The Morgan fingerprint density at radius 2 is 1.57 bits per heavy atom. The van der Waals surface area contributed by atoms with Gasteiger partial charge in [0.2, 0.25) is 0 Å². The molecule has 3 N–H and O–H groups in total. The van der Waals surface area contributed by atoms with E-state index in [0.29, 0.717) is 25.2 Å². The lowest BCUT2D eigenvalue weighted by Gasteiger charge is -2.12. The van der Waals surface area contributed by atoms with Crippen LogP contribution in [0, 0.1) is 0 Å². The van der Waals surface area contributed by atoms with Gasteiger partial charge in [0.15, 0.2) is 0 Å². The number of aliphatic hydroxyl groups excluding tert-OH is 1. The molecule has 0 amide bonds. The SMILES string of the molecule is O=S(=O)(Nc1ccc(CCNC[C@H](O)c2ccccc2)cc1)c1ccc(Cc2nc(-c3cnc4ccccc4c3)cs2)cc1. The smallest absolute Gasteiger partial charge is 0.261 e. The van der Waals surface area contributed by atoms with Crippen LogP contribution in [-0.2, 0) is 22.9 Å². The molecule has 0 aliphatic heterocycles. The molecule has 0 aliphatic rings. The number of rotatable bonds is 12. The highest BCUT2D eigenvalue weighted by atomic mass is 32.2. The van der Waals surface area contributed by atoms with Gasteiger partial charge in [-0.15, -0.1) is 11.3 Å². The number of hydrogen-bond acceptors (Lipinski definition) is 7. The highest BCUT2D eigenvalue weighted by Gasteiger charge is 2.15. The molecule has 0 radical (unpaired) electrons. The van der Waals surface area contributed by atoms with Crippen molar-refractivity contribution >= 4 is 38.0 Å². The molecule has 2 aromatic heterocycles. The zero-order valence-corrected chi connectivity index (χ0v) is 25.6. The topological polar surface area (TPSA) is 104 Å². The normalized spacial score (nSPS) is 12.3. The van der Waals surface area contributed by atoms with Crippen LogP contribution in [0.5, 0.6) is 0 Å². The molecule has 222 valence electrons. The monoisotopic (exact) mass is 620 g/mol. The number of para-hydroxylation sites is 1. The van der Waals surface area contributed by atoms with E-state index >= 15 is 0 Å². The summed E-state index contributed by atoms with van der Waals surface area (Å²) in [5, 5.41) is 17.6. The van der Waals surface area contributed by atoms with E-state index in [9.17, 15) is 13.5 Å². The predicted octanol–water partition coefficient (Wildman–Crippen LogP) is 6.62. The molecular formula is C35H32N4O3S2. The van der Waals surface area contributed by atoms with E-state index in [1.54, 1.807) is 35.6 Å². The number of pyridine rings is 1. The minimum absolute atomic E-state index is 0.202. The van der Waals surface area contributed by atoms with E-state index in [-0.39, 0.29) is 4.90 Å². The zero-order chi connectivity index (χ0) is 30.4.